The number of fused-ring (bicyclic) bond motifs is 1. The number of hydrogen-bond donors (Lipinski definition) is 3. The fraction of sp³-hybridized carbons (Fsp3) is 0.360. The number of benzene rings is 2. The highest BCUT2D eigenvalue weighted by Crippen LogP contribution is 2.34. The first-order valence-electron chi connectivity index (χ1n) is 11.0. The van der Waals surface area contributed by atoms with E-state index in [9.17, 15) is 9.59 Å². The maximum Gasteiger partial charge on any atom is 0.253 e. The number of nitrogens with one attached hydrogen (secondary N) is 3. The van der Waals surface area contributed by atoms with Crippen LogP contribution in [0.4, 0.5) is 4.39 Å². The van der Waals surface area contributed by atoms with Crippen LogP contribution in [-0.2, 0) is 0 Å². The van der Waals surface area contributed by atoms with Gasteiger partial charge in [0.25, 0.3) is 11.8 Å². The second kappa shape index (κ2) is 9.33. The van der Waals surface area contributed by atoms with Gasteiger partial charge in [-0.15, -0.1) is 0 Å². The van der Waals surface area contributed by atoms with Crippen LogP contribution in [0.15, 0.2) is 48.7 Å². The lowest BCUT2D eigenvalue weighted by molar-refractivity contribution is 0.0932. The topological polar surface area (TPSA) is 74.0 Å². The van der Waals surface area contributed by atoms with Gasteiger partial charge < -0.3 is 15.6 Å². The van der Waals surface area contributed by atoms with Crippen LogP contribution in [0.1, 0.15) is 76.5 Å². The molecule has 4 rings (SSSR count). The van der Waals surface area contributed by atoms with Crippen LogP contribution in [0.2, 0.25) is 0 Å². The van der Waals surface area contributed by atoms with E-state index in [0.717, 1.165) is 31.2 Å². The number of halogens is 1. The van der Waals surface area contributed by atoms with Crippen molar-refractivity contribution in [2.75, 3.05) is 7.05 Å². The second-order valence-corrected chi connectivity index (χ2v) is 8.20. The molecule has 1 unspecified atom stereocenters. The van der Waals surface area contributed by atoms with Crippen molar-refractivity contribution in [1.29, 1.82) is 0 Å². The lowest BCUT2D eigenvalue weighted by Gasteiger charge is -2.17. The molecule has 6 heteroatoms. The van der Waals surface area contributed by atoms with Gasteiger partial charge in [-0.3, -0.25) is 9.59 Å². The van der Waals surface area contributed by atoms with Crippen molar-refractivity contribution < 1.29 is 14.0 Å². The summed E-state index contributed by atoms with van der Waals surface area (Å²) in [4.78, 5) is 27.9. The summed E-state index contributed by atoms with van der Waals surface area (Å²) >= 11 is 0. The van der Waals surface area contributed by atoms with Gasteiger partial charge in [0.1, 0.15) is 0 Å². The molecule has 2 amide bonds. The van der Waals surface area contributed by atoms with Crippen molar-refractivity contribution in [2.45, 2.75) is 50.7 Å². The molecule has 162 valence electrons. The fourth-order valence-corrected chi connectivity index (χ4v) is 4.42. The van der Waals surface area contributed by atoms with Crippen LogP contribution >= 0.6 is 0 Å². The second-order valence-electron chi connectivity index (χ2n) is 8.20. The van der Waals surface area contributed by atoms with Gasteiger partial charge in [0.05, 0.1) is 5.56 Å². The Morgan fingerprint density at radius 3 is 2.39 bits per heavy atom. The van der Waals surface area contributed by atoms with Crippen LogP contribution in [-0.4, -0.2) is 29.9 Å². The van der Waals surface area contributed by atoms with Crippen molar-refractivity contribution in [3.63, 3.8) is 0 Å². The molecular formula is C25H28FN3O2. The molecule has 1 atom stereocenters. The predicted octanol–water partition coefficient (Wildman–Crippen LogP) is 5.04. The molecule has 3 N–H and O–H groups in total. The number of aromatic nitrogens is 1. The molecule has 2 aromatic carbocycles. The van der Waals surface area contributed by atoms with Crippen molar-refractivity contribution in [3.8, 4) is 0 Å². The lowest BCUT2D eigenvalue weighted by Crippen LogP contribution is -2.34. The molecule has 1 saturated carbocycles. The van der Waals surface area contributed by atoms with E-state index in [0.29, 0.717) is 27.6 Å². The zero-order chi connectivity index (χ0) is 21.8. The Bertz CT molecular complexity index is 1070. The number of aromatic amines is 1. The average molecular weight is 422 g/mol. The van der Waals surface area contributed by atoms with Gasteiger partial charge in [-0.2, -0.15) is 0 Å². The molecular weight excluding hydrogens is 393 g/mol. The van der Waals surface area contributed by atoms with Crippen LogP contribution in [0, 0.1) is 0 Å². The minimum absolute atomic E-state index is 0.159. The van der Waals surface area contributed by atoms with Crippen molar-refractivity contribution in [1.82, 2.24) is 15.6 Å². The molecule has 0 bridgehead atoms. The third-order valence-corrected chi connectivity index (χ3v) is 6.14. The largest absolute Gasteiger partial charge is 0.360 e. The molecule has 0 radical (unpaired) electrons. The van der Waals surface area contributed by atoms with E-state index in [1.54, 1.807) is 49.6 Å². The van der Waals surface area contributed by atoms with Gasteiger partial charge in [-0.25, -0.2) is 4.39 Å². The molecule has 0 aliphatic heterocycles. The highest BCUT2D eigenvalue weighted by Gasteiger charge is 2.23. The summed E-state index contributed by atoms with van der Waals surface area (Å²) in [6.45, 7) is 0. The smallest absolute Gasteiger partial charge is 0.253 e. The molecule has 0 spiro atoms. The lowest BCUT2D eigenvalue weighted by atomic mass is 9.96. The van der Waals surface area contributed by atoms with Gasteiger partial charge in [0, 0.05) is 41.3 Å². The standard InChI is InChI=1S/C25H28FN3O2/c1-27-24(30)17-13-11-16(12-14-17)23(26)19-9-6-10-21-22(19)20(15-28-21)25(31)29-18-7-4-2-3-5-8-18/h6,9-15,18,23,28H,2-5,7-8H2,1H3,(H,27,30)(H,29,31). The number of hydrogen-bond acceptors (Lipinski definition) is 2. The summed E-state index contributed by atoms with van der Waals surface area (Å²) in [5.74, 6) is -0.375. The Morgan fingerprint density at radius 2 is 1.71 bits per heavy atom. The van der Waals surface area contributed by atoms with E-state index in [4.69, 9.17) is 0 Å². The van der Waals surface area contributed by atoms with Crippen LogP contribution < -0.4 is 10.6 Å². The molecule has 1 fully saturated rings. The van der Waals surface area contributed by atoms with E-state index in [2.05, 4.69) is 15.6 Å². The molecule has 5 nitrogen and oxygen atoms in total. The van der Waals surface area contributed by atoms with Crippen molar-refractivity contribution in [3.05, 3.63) is 70.9 Å². The van der Waals surface area contributed by atoms with E-state index >= 15 is 4.39 Å². The van der Waals surface area contributed by atoms with Gasteiger partial charge >= 0.3 is 0 Å². The Hall–Kier alpha value is -3.15. The number of carbonyl (C=O) groups is 2. The van der Waals surface area contributed by atoms with Gasteiger partial charge in [0.2, 0.25) is 0 Å². The zero-order valence-corrected chi connectivity index (χ0v) is 17.7. The number of H-pyrrole nitrogens is 1. The van der Waals surface area contributed by atoms with E-state index < -0.39 is 6.17 Å². The van der Waals surface area contributed by atoms with Gasteiger partial charge in [-0.05, 0) is 36.6 Å². The molecule has 0 saturated heterocycles. The first kappa shape index (κ1) is 21.1. The first-order valence-corrected chi connectivity index (χ1v) is 11.0. The molecule has 1 aliphatic rings. The highest BCUT2D eigenvalue weighted by atomic mass is 19.1. The number of rotatable bonds is 5. The molecule has 1 aromatic heterocycles. The van der Waals surface area contributed by atoms with E-state index in [-0.39, 0.29) is 17.9 Å². The minimum atomic E-state index is -1.41. The summed E-state index contributed by atoms with van der Waals surface area (Å²) in [5, 5.41) is 6.33. The van der Waals surface area contributed by atoms with Crippen molar-refractivity contribution in [2.24, 2.45) is 0 Å². The fourth-order valence-electron chi connectivity index (χ4n) is 4.42. The van der Waals surface area contributed by atoms with E-state index in [1.165, 1.54) is 12.8 Å². The summed E-state index contributed by atoms with van der Waals surface area (Å²) in [6.07, 6.45) is 6.92. The Kier molecular flexibility index (Phi) is 6.35. The zero-order valence-electron chi connectivity index (χ0n) is 17.7. The first-order chi connectivity index (χ1) is 15.1. The van der Waals surface area contributed by atoms with Crippen LogP contribution in [0.3, 0.4) is 0 Å². The Balaban J connectivity index is 1.63. The summed E-state index contributed by atoms with van der Waals surface area (Å²) in [6, 6.07) is 12.0. The third-order valence-electron chi connectivity index (χ3n) is 6.14. The van der Waals surface area contributed by atoms with Crippen LogP contribution in [0.25, 0.3) is 10.9 Å². The number of carbonyl (C=O) groups excluding carboxylic acids is 2. The normalized spacial score (nSPS) is 15.9. The maximum atomic E-state index is 15.6. The SMILES string of the molecule is CNC(=O)c1ccc(C(F)c2cccc3[nH]cc(C(=O)NC4CCCCCC4)c23)cc1. The summed E-state index contributed by atoms with van der Waals surface area (Å²) < 4.78 is 15.6. The average Bonchev–Trinajstić information content (AvgIpc) is 3.08. The molecule has 1 heterocycles. The maximum absolute atomic E-state index is 15.6. The Morgan fingerprint density at radius 1 is 1.00 bits per heavy atom. The molecule has 3 aromatic rings. The predicted molar refractivity (Wildman–Crippen MR) is 120 cm³/mol. The molecule has 1 aliphatic carbocycles. The summed E-state index contributed by atoms with van der Waals surface area (Å²) in [7, 11) is 1.56. The number of amides is 2. The molecule has 31 heavy (non-hydrogen) atoms. The minimum Gasteiger partial charge on any atom is -0.360 e. The van der Waals surface area contributed by atoms with Gasteiger partial charge in [0.15, 0.2) is 6.17 Å². The van der Waals surface area contributed by atoms with E-state index in [1.807, 2.05) is 6.07 Å². The summed E-state index contributed by atoms with van der Waals surface area (Å²) in [5.41, 5.74) is 2.56. The third kappa shape index (κ3) is 4.48. The van der Waals surface area contributed by atoms with Crippen molar-refractivity contribution >= 4 is 22.7 Å². The Labute approximate surface area is 181 Å². The van der Waals surface area contributed by atoms with Crippen LogP contribution in [0.5, 0.6) is 0 Å². The number of alkyl halides is 1. The van der Waals surface area contributed by atoms with Gasteiger partial charge in [-0.1, -0.05) is 49.9 Å². The monoisotopic (exact) mass is 421 g/mol. The highest BCUT2D eigenvalue weighted by molar-refractivity contribution is 6.08. The quantitative estimate of drug-likeness (QED) is 0.505.